The molecule has 0 radical (unpaired) electrons. The van der Waals surface area contributed by atoms with Gasteiger partial charge in [0.2, 0.25) is 0 Å². The van der Waals surface area contributed by atoms with Crippen molar-refractivity contribution in [1.29, 1.82) is 0 Å². The van der Waals surface area contributed by atoms with Gasteiger partial charge in [0.15, 0.2) is 0 Å². The Morgan fingerprint density at radius 2 is 1.37 bits per heavy atom. The van der Waals surface area contributed by atoms with Crippen molar-refractivity contribution in [2.75, 3.05) is 0 Å². The van der Waals surface area contributed by atoms with E-state index in [0.717, 1.165) is 32.3 Å². The van der Waals surface area contributed by atoms with Crippen molar-refractivity contribution in [3.8, 4) is 0 Å². The highest BCUT2D eigenvalue weighted by atomic mass is 79.9. The Hall–Kier alpha value is -1.12. The summed E-state index contributed by atoms with van der Waals surface area (Å²) in [7, 11) is 0. The Balaban J connectivity index is 2.52. The summed E-state index contributed by atoms with van der Waals surface area (Å²) in [5.41, 5.74) is 6.61. The van der Waals surface area contributed by atoms with Crippen LogP contribution in [0.3, 0.4) is 0 Å². The molecule has 2 heteroatoms. The number of aliphatic hydroxyl groups excluding tert-OH is 1. The molecule has 0 aliphatic rings. The van der Waals surface area contributed by atoms with E-state index in [-0.39, 0.29) is 0 Å². The number of aryl methyl sites for hydroxylation is 4. The van der Waals surface area contributed by atoms with Gasteiger partial charge in [-0.1, -0.05) is 39.7 Å². The maximum Gasteiger partial charge on any atom is 0.105 e. The Labute approximate surface area is 123 Å². The number of hydrogen-bond donors (Lipinski definition) is 1. The summed E-state index contributed by atoms with van der Waals surface area (Å²) in [4.78, 5) is 0. The molecule has 1 unspecified atom stereocenters. The Morgan fingerprint density at radius 1 is 0.842 bits per heavy atom. The first kappa shape index (κ1) is 14.3. The van der Waals surface area contributed by atoms with Crippen molar-refractivity contribution >= 4 is 15.9 Å². The molecule has 1 atom stereocenters. The van der Waals surface area contributed by atoms with Crippen LogP contribution >= 0.6 is 15.9 Å². The van der Waals surface area contributed by atoms with E-state index in [0.29, 0.717) is 0 Å². The molecule has 2 aromatic rings. The van der Waals surface area contributed by atoms with Gasteiger partial charge in [0.25, 0.3) is 0 Å². The minimum absolute atomic E-state index is 0.572. The van der Waals surface area contributed by atoms with E-state index in [2.05, 4.69) is 48.8 Å². The van der Waals surface area contributed by atoms with E-state index >= 15 is 0 Å². The van der Waals surface area contributed by atoms with Crippen LogP contribution in [0.1, 0.15) is 39.5 Å². The lowest BCUT2D eigenvalue weighted by molar-refractivity contribution is 0.218. The Morgan fingerprint density at radius 3 is 1.89 bits per heavy atom. The van der Waals surface area contributed by atoms with Crippen molar-refractivity contribution in [2.45, 2.75) is 33.8 Å². The summed E-state index contributed by atoms with van der Waals surface area (Å²) in [6, 6.07) is 10.3. The highest BCUT2D eigenvalue weighted by molar-refractivity contribution is 9.10. The van der Waals surface area contributed by atoms with E-state index in [1.807, 2.05) is 25.1 Å². The van der Waals surface area contributed by atoms with Crippen LogP contribution in [-0.4, -0.2) is 5.11 Å². The standard InChI is InChI=1S/C17H19BrO/c1-10-5-12(3)16(13(4)6-10)17(19)14-7-11(2)8-15(18)9-14/h5-9,17,19H,1-4H3. The van der Waals surface area contributed by atoms with Crippen LogP contribution in [-0.2, 0) is 0 Å². The zero-order chi connectivity index (χ0) is 14.2. The minimum Gasteiger partial charge on any atom is -0.384 e. The number of aliphatic hydroxyl groups is 1. The summed E-state index contributed by atoms with van der Waals surface area (Å²) in [6.45, 7) is 8.24. The van der Waals surface area contributed by atoms with E-state index in [1.54, 1.807) is 0 Å². The maximum absolute atomic E-state index is 10.7. The van der Waals surface area contributed by atoms with E-state index in [1.165, 1.54) is 5.56 Å². The van der Waals surface area contributed by atoms with Gasteiger partial charge in [0.05, 0.1) is 0 Å². The summed E-state index contributed by atoms with van der Waals surface area (Å²) in [5, 5.41) is 10.7. The van der Waals surface area contributed by atoms with Crippen molar-refractivity contribution < 1.29 is 5.11 Å². The molecule has 0 aliphatic heterocycles. The van der Waals surface area contributed by atoms with Crippen molar-refractivity contribution in [3.63, 3.8) is 0 Å². The third-order valence-corrected chi connectivity index (χ3v) is 3.85. The summed E-state index contributed by atoms with van der Waals surface area (Å²) >= 11 is 3.49. The lowest BCUT2D eigenvalue weighted by Crippen LogP contribution is -2.05. The Bertz CT molecular complexity index is 573. The van der Waals surface area contributed by atoms with Gasteiger partial charge in [-0.25, -0.2) is 0 Å². The second kappa shape index (κ2) is 5.48. The lowest BCUT2D eigenvalue weighted by Gasteiger charge is -2.18. The smallest absolute Gasteiger partial charge is 0.105 e. The zero-order valence-corrected chi connectivity index (χ0v) is 13.4. The fourth-order valence-corrected chi connectivity index (χ4v) is 3.34. The Kier molecular flexibility index (Phi) is 4.12. The average molecular weight is 319 g/mol. The highest BCUT2D eigenvalue weighted by Gasteiger charge is 2.16. The van der Waals surface area contributed by atoms with Crippen LogP contribution < -0.4 is 0 Å². The first-order valence-electron chi connectivity index (χ1n) is 6.41. The molecule has 0 heterocycles. The third kappa shape index (κ3) is 3.07. The van der Waals surface area contributed by atoms with Gasteiger partial charge in [0.1, 0.15) is 6.10 Å². The van der Waals surface area contributed by atoms with E-state index in [4.69, 9.17) is 0 Å². The van der Waals surface area contributed by atoms with Crippen molar-refractivity contribution in [3.05, 3.63) is 68.2 Å². The van der Waals surface area contributed by atoms with E-state index < -0.39 is 6.10 Å². The summed E-state index contributed by atoms with van der Waals surface area (Å²) in [5.74, 6) is 0. The average Bonchev–Trinajstić information content (AvgIpc) is 2.25. The van der Waals surface area contributed by atoms with Gasteiger partial charge in [-0.2, -0.15) is 0 Å². The van der Waals surface area contributed by atoms with Gasteiger partial charge < -0.3 is 5.11 Å². The van der Waals surface area contributed by atoms with Crippen LogP contribution in [0.2, 0.25) is 0 Å². The van der Waals surface area contributed by atoms with E-state index in [9.17, 15) is 5.11 Å². The molecule has 0 spiro atoms. The molecule has 0 saturated carbocycles. The molecule has 19 heavy (non-hydrogen) atoms. The van der Waals surface area contributed by atoms with Gasteiger partial charge in [-0.05, 0) is 67.6 Å². The first-order chi connectivity index (χ1) is 8.88. The fourth-order valence-electron chi connectivity index (χ4n) is 2.71. The van der Waals surface area contributed by atoms with Crippen LogP contribution in [0, 0.1) is 27.7 Å². The third-order valence-electron chi connectivity index (χ3n) is 3.39. The molecule has 2 aromatic carbocycles. The van der Waals surface area contributed by atoms with Gasteiger partial charge >= 0.3 is 0 Å². The molecule has 0 aromatic heterocycles. The van der Waals surface area contributed by atoms with Gasteiger partial charge in [-0.15, -0.1) is 0 Å². The molecular weight excluding hydrogens is 300 g/mol. The number of benzene rings is 2. The van der Waals surface area contributed by atoms with Crippen LogP contribution in [0.4, 0.5) is 0 Å². The number of hydrogen-bond acceptors (Lipinski definition) is 1. The van der Waals surface area contributed by atoms with Gasteiger partial charge in [0, 0.05) is 4.47 Å². The molecule has 100 valence electrons. The minimum atomic E-state index is -0.572. The van der Waals surface area contributed by atoms with Gasteiger partial charge in [-0.3, -0.25) is 0 Å². The molecule has 0 saturated heterocycles. The summed E-state index contributed by atoms with van der Waals surface area (Å²) < 4.78 is 1.00. The summed E-state index contributed by atoms with van der Waals surface area (Å²) in [6.07, 6.45) is -0.572. The number of halogens is 1. The topological polar surface area (TPSA) is 20.2 Å². The van der Waals surface area contributed by atoms with Crippen molar-refractivity contribution in [2.24, 2.45) is 0 Å². The molecule has 2 rings (SSSR count). The fraction of sp³-hybridized carbons (Fsp3) is 0.294. The second-order valence-electron chi connectivity index (χ2n) is 5.28. The normalized spacial score (nSPS) is 12.5. The molecule has 0 amide bonds. The SMILES string of the molecule is Cc1cc(Br)cc(C(O)c2c(C)cc(C)cc2C)c1. The maximum atomic E-state index is 10.7. The monoisotopic (exact) mass is 318 g/mol. The molecule has 0 bridgehead atoms. The predicted molar refractivity (Wildman–Crippen MR) is 83.6 cm³/mol. The number of rotatable bonds is 2. The van der Waals surface area contributed by atoms with Crippen LogP contribution in [0.25, 0.3) is 0 Å². The van der Waals surface area contributed by atoms with Crippen molar-refractivity contribution in [1.82, 2.24) is 0 Å². The molecule has 1 nitrogen and oxygen atoms in total. The first-order valence-corrected chi connectivity index (χ1v) is 7.20. The lowest BCUT2D eigenvalue weighted by atomic mass is 9.91. The molecular formula is C17H19BrO. The molecule has 1 N–H and O–H groups in total. The van der Waals surface area contributed by atoms with Crippen LogP contribution in [0.15, 0.2) is 34.8 Å². The zero-order valence-electron chi connectivity index (χ0n) is 11.8. The molecule has 0 fully saturated rings. The highest BCUT2D eigenvalue weighted by Crippen LogP contribution is 2.30. The second-order valence-corrected chi connectivity index (χ2v) is 6.19. The largest absolute Gasteiger partial charge is 0.384 e. The quantitative estimate of drug-likeness (QED) is 0.846. The predicted octanol–water partition coefficient (Wildman–Crippen LogP) is 4.76. The van der Waals surface area contributed by atoms with Crippen LogP contribution in [0.5, 0.6) is 0 Å². The molecule has 0 aliphatic carbocycles.